The molecule has 0 spiro atoms. The maximum absolute atomic E-state index is 12.3. The zero-order valence-electron chi connectivity index (χ0n) is 12.1. The predicted octanol–water partition coefficient (Wildman–Crippen LogP) is 3.53. The second-order valence-electron chi connectivity index (χ2n) is 6.46. The van der Waals surface area contributed by atoms with Crippen LogP contribution in [0, 0.1) is 11.3 Å². The van der Waals surface area contributed by atoms with Gasteiger partial charge in [-0.15, -0.1) is 5.10 Å². The number of benzene rings is 1. The number of nitrogens with zero attached hydrogens (tertiary/aromatic N) is 3. The van der Waals surface area contributed by atoms with Crippen LogP contribution >= 0.6 is 0 Å². The van der Waals surface area contributed by atoms with E-state index in [-0.39, 0.29) is 11.3 Å². The fourth-order valence-corrected chi connectivity index (χ4v) is 2.56. The van der Waals surface area contributed by atoms with Crippen molar-refractivity contribution in [3.63, 3.8) is 0 Å². The second kappa shape index (κ2) is 5.11. The summed E-state index contributed by atoms with van der Waals surface area (Å²) in [6.45, 7) is 8.69. The molecule has 0 aliphatic heterocycles. The van der Waals surface area contributed by atoms with Crippen LogP contribution in [0.15, 0.2) is 24.3 Å². The van der Waals surface area contributed by atoms with Crippen LogP contribution in [0.4, 0.5) is 0 Å². The predicted molar refractivity (Wildman–Crippen MR) is 76.0 cm³/mol. The lowest BCUT2D eigenvalue weighted by Gasteiger charge is -2.22. The van der Waals surface area contributed by atoms with Gasteiger partial charge in [-0.2, -0.15) is 4.68 Å². The first-order valence-electron chi connectivity index (χ1n) is 6.70. The van der Waals surface area contributed by atoms with E-state index >= 15 is 0 Å². The Labute approximate surface area is 113 Å². The third kappa shape index (κ3) is 3.40. The van der Waals surface area contributed by atoms with Crippen molar-refractivity contribution < 1.29 is 4.79 Å². The average molecular weight is 259 g/mol. The Bertz CT molecular complexity index is 580. The molecule has 0 saturated carbocycles. The number of hydrogen-bond acceptors (Lipinski definition) is 3. The highest BCUT2D eigenvalue weighted by Gasteiger charge is 2.20. The lowest BCUT2D eigenvalue weighted by Crippen LogP contribution is -2.19. The quantitative estimate of drug-likeness (QED) is 0.847. The summed E-state index contributed by atoms with van der Waals surface area (Å²) in [7, 11) is 0. The van der Waals surface area contributed by atoms with Gasteiger partial charge in [-0.1, -0.05) is 45.0 Å². The molecule has 0 amide bonds. The molecule has 0 fully saturated rings. The molecule has 0 aliphatic carbocycles. The Kier molecular flexibility index (Phi) is 3.69. The lowest BCUT2D eigenvalue weighted by molar-refractivity contribution is 0.0859. The minimum absolute atomic E-state index is 0.0189. The molecule has 4 nitrogen and oxygen atoms in total. The molecular formula is C15H21N3O. The number of carbonyl (C=O) groups excluding carboxylic acids is 1. The molecule has 1 aromatic carbocycles. The summed E-state index contributed by atoms with van der Waals surface area (Å²) in [4.78, 5) is 12.3. The van der Waals surface area contributed by atoms with Crippen LogP contribution < -0.4 is 0 Å². The minimum Gasteiger partial charge on any atom is -0.272 e. The van der Waals surface area contributed by atoms with Crippen LogP contribution in [-0.4, -0.2) is 20.9 Å². The van der Waals surface area contributed by atoms with Gasteiger partial charge in [0.15, 0.2) is 0 Å². The van der Waals surface area contributed by atoms with E-state index in [2.05, 4.69) is 38.0 Å². The van der Waals surface area contributed by atoms with Crippen molar-refractivity contribution in [2.45, 2.75) is 40.5 Å². The molecule has 0 bridgehead atoms. The van der Waals surface area contributed by atoms with Crippen LogP contribution in [0.1, 0.15) is 45.3 Å². The average Bonchev–Trinajstić information content (AvgIpc) is 2.69. The van der Waals surface area contributed by atoms with E-state index in [1.165, 1.54) is 4.68 Å². The SMILES string of the molecule is CC(CC(=O)n1nnc2ccccc21)CC(C)(C)C. The standard InChI is InChI=1S/C15H21N3O/c1-11(10-15(2,3)4)9-14(19)18-13-8-6-5-7-12(13)16-17-18/h5-8,11H,9-10H2,1-4H3. The number of carbonyl (C=O) groups is 1. The number of aromatic nitrogens is 3. The summed E-state index contributed by atoms with van der Waals surface area (Å²) in [5.74, 6) is 0.362. The van der Waals surface area contributed by atoms with E-state index in [4.69, 9.17) is 0 Å². The van der Waals surface area contributed by atoms with Gasteiger partial charge in [0.1, 0.15) is 5.52 Å². The Morgan fingerprint density at radius 2 is 2.00 bits per heavy atom. The van der Waals surface area contributed by atoms with Crippen LogP contribution in [0.3, 0.4) is 0 Å². The summed E-state index contributed by atoms with van der Waals surface area (Å²) in [5.41, 5.74) is 1.79. The summed E-state index contributed by atoms with van der Waals surface area (Å²) in [5, 5.41) is 7.98. The van der Waals surface area contributed by atoms with Crippen LogP contribution in [0.5, 0.6) is 0 Å². The Morgan fingerprint density at radius 3 is 2.68 bits per heavy atom. The van der Waals surface area contributed by atoms with Crippen LogP contribution in [-0.2, 0) is 0 Å². The largest absolute Gasteiger partial charge is 0.272 e. The highest BCUT2D eigenvalue weighted by molar-refractivity contribution is 5.88. The number of hydrogen-bond donors (Lipinski definition) is 0. The normalized spacial score (nSPS) is 13.7. The van der Waals surface area contributed by atoms with E-state index < -0.39 is 0 Å². The van der Waals surface area contributed by atoms with Crippen LogP contribution in [0.25, 0.3) is 11.0 Å². The molecule has 0 N–H and O–H groups in total. The monoisotopic (exact) mass is 259 g/mol. The van der Waals surface area contributed by atoms with Gasteiger partial charge in [0, 0.05) is 6.42 Å². The van der Waals surface area contributed by atoms with Crippen molar-refractivity contribution in [1.29, 1.82) is 0 Å². The first-order chi connectivity index (χ1) is 8.87. The third-order valence-corrected chi connectivity index (χ3v) is 3.07. The maximum atomic E-state index is 12.3. The zero-order valence-corrected chi connectivity index (χ0v) is 12.1. The zero-order chi connectivity index (χ0) is 14.0. The molecule has 4 heteroatoms. The maximum Gasteiger partial charge on any atom is 0.249 e. The third-order valence-electron chi connectivity index (χ3n) is 3.07. The molecule has 1 unspecified atom stereocenters. The molecule has 1 heterocycles. The molecule has 1 atom stereocenters. The number of para-hydroxylation sites is 1. The molecule has 2 aromatic rings. The van der Waals surface area contributed by atoms with E-state index in [1.807, 2.05) is 24.3 Å². The molecule has 102 valence electrons. The smallest absolute Gasteiger partial charge is 0.249 e. The van der Waals surface area contributed by atoms with Crippen molar-refractivity contribution in [2.75, 3.05) is 0 Å². The van der Waals surface area contributed by atoms with Gasteiger partial charge in [-0.05, 0) is 29.9 Å². The van der Waals surface area contributed by atoms with Crippen molar-refractivity contribution in [3.8, 4) is 0 Å². The number of fused-ring (bicyclic) bond motifs is 1. The summed E-state index contributed by atoms with van der Waals surface area (Å²) in [6.07, 6.45) is 1.52. The Hall–Kier alpha value is -1.71. The molecule has 0 aliphatic rings. The van der Waals surface area contributed by atoms with Crippen molar-refractivity contribution in [2.24, 2.45) is 11.3 Å². The van der Waals surface area contributed by atoms with Crippen LogP contribution in [0.2, 0.25) is 0 Å². The summed E-state index contributed by atoms with van der Waals surface area (Å²) in [6, 6.07) is 7.54. The van der Waals surface area contributed by atoms with Gasteiger partial charge >= 0.3 is 0 Å². The summed E-state index contributed by atoms with van der Waals surface area (Å²) >= 11 is 0. The highest BCUT2D eigenvalue weighted by atomic mass is 16.2. The lowest BCUT2D eigenvalue weighted by atomic mass is 9.84. The van der Waals surface area contributed by atoms with E-state index in [0.29, 0.717) is 12.3 Å². The van der Waals surface area contributed by atoms with Crippen molar-refractivity contribution in [3.05, 3.63) is 24.3 Å². The highest BCUT2D eigenvalue weighted by Crippen LogP contribution is 2.26. The van der Waals surface area contributed by atoms with Gasteiger partial charge in [0.2, 0.25) is 5.91 Å². The van der Waals surface area contributed by atoms with E-state index in [9.17, 15) is 4.79 Å². The Balaban J connectivity index is 2.12. The molecule has 2 rings (SSSR count). The van der Waals surface area contributed by atoms with Crippen molar-refractivity contribution >= 4 is 16.9 Å². The second-order valence-corrected chi connectivity index (χ2v) is 6.46. The molecule has 0 radical (unpaired) electrons. The first kappa shape index (κ1) is 13.7. The van der Waals surface area contributed by atoms with Crippen molar-refractivity contribution in [1.82, 2.24) is 15.0 Å². The van der Waals surface area contributed by atoms with E-state index in [0.717, 1.165) is 17.5 Å². The molecule has 1 aromatic heterocycles. The van der Waals surface area contributed by atoms with E-state index in [1.54, 1.807) is 0 Å². The minimum atomic E-state index is 0.0189. The van der Waals surface area contributed by atoms with Gasteiger partial charge in [-0.25, -0.2) is 0 Å². The first-order valence-corrected chi connectivity index (χ1v) is 6.70. The van der Waals surface area contributed by atoms with Gasteiger partial charge in [-0.3, -0.25) is 4.79 Å². The Morgan fingerprint density at radius 1 is 1.32 bits per heavy atom. The number of rotatable bonds is 3. The molecular weight excluding hydrogens is 238 g/mol. The summed E-state index contributed by atoms with van der Waals surface area (Å²) < 4.78 is 1.43. The molecule has 19 heavy (non-hydrogen) atoms. The fraction of sp³-hybridized carbons (Fsp3) is 0.533. The molecule has 0 saturated heterocycles. The van der Waals surface area contributed by atoms with Gasteiger partial charge in [0.25, 0.3) is 0 Å². The van der Waals surface area contributed by atoms with Gasteiger partial charge < -0.3 is 0 Å². The topological polar surface area (TPSA) is 47.8 Å². The fourth-order valence-electron chi connectivity index (χ4n) is 2.56. The van der Waals surface area contributed by atoms with Gasteiger partial charge in [0.05, 0.1) is 5.52 Å².